The van der Waals surface area contributed by atoms with E-state index in [-0.39, 0.29) is 13.2 Å². The highest BCUT2D eigenvalue weighted by Crippen LogP contribution is 2.18. The summed E-state index contributed by atoms with van der Waals surface area (Å²) in [5.74, 6) is 1.29. The summed E-state index contributed by atoms with van der Waals surface area (Å²) >= 11 is 0. The fourth-order valence-corrected chi connectivity index (χ4v) is 2.72. The second kappa shape index (κ2) is 11.7. The largest absolute Gasteiger partial charge is 0.491 e. The number of para-hydroxylation sites is 2. The molecule has 0 bridgehead atoms. The van der Waals surface area contributed by atoms with Gasteiger partial charge in [0.05, 0.1) is 0 Å². The van der Waals surface area contributed by atoms with Crippen LogP contribution in [0.2, 0.25) is 0 Å². The van der Waals surface area contributed by atoms with Gasteiger partial charge in [0.2, 0.25) is 0 Å². The molecule has 3 aromatic carbocycles. The summed E-state index contributed by atoms with van der Waals surface area (Å²) in [5.41, 5.74) is 1.92. The molecule has 2 atom stereocenters. The molecule has 6 heteroatoms. The molecule has 0 aliphatic rings. The molecule has 0 heterocycles. The molecule has 0 saturated heterocycles. The summed E-state index contributed by atoms with van der Waals surface area (Å²) < 4.78 is 11.2. The third-order valence-electron chi connectivity index (χ3n) is 4.34. The topological polar surface area (TPSA) is 83.0 Å². The third-order valence-corrected chi connectivity index (χ3v) is 4.34. The summed E-state index contributed by atoms with van der Waals surface area (Å²) in [6.45, 7) is 1.17. The van der Waals surface area contributed by atoms with Crippen molar-refractivity contribution in [3.8, 4) is 11.5 Å². The predicted molar refractivity (Wildman–Crippen MR) is 119 cm³/mol. The number of nitrogens with one attached hydrogen (secondary N) is 2. The Bertz CT molecular complexity index is 772. The summed E-state index contributed by atoms with van der Waals surface area (Å²) in [7, 11) is 0. The number of anilines is 2. The van der Waals surface area contributed by atoms with Crippen molar-refractivity contribution in [1.82, 2.24) is 0 Å². The van der Waals surface area contributed by atoms with Crippen LogP contribution in [0.4, 0.5) is 11.4 Å². The van der Waals surface area contributed by atoms with Crippen molar-refractivity contribution in [2.24, 2.45) is 0 Å². The van der Waals surface area contributed by atoms with Crippen molar-refractivity contribution < 1.29 is 19.7 Å². The number of ether oxygens (including phenoxy) is 2. The first-order valence-electron chi connectivity index (χ1n) is 9.98. The Labute approximate surface area is 177 Å². The Morgan fingerprint density at radius 2 is 0.933 bits per heavy atom. The summed E-state index contributed by atoms with van der Waals surface area (Å²) in [6.07, 6.45) is -1.26. The molecule has 0 amide bonds. The summed E-state index contributed by atoms with van der Waals surface area (Å²) in [6, 6.07) is 26.5. The maximum atomic E-state index is 10.1. The maximum absolute atomic E-state index is 10.1. The van der Waals surface area contributed by atoms with Crippen LogP contribution in [0.5, 0.6) is 11.5 Å². The Morgan fingerprint density at radius 3 is 1.30 bits per heavy atom. The number of aliphatic hydroxyl groups is 2. The highest BCUT2D eigenvalue weighted by Gasteiger charge is 2.07. The molecule has 0 aliphatic carbocycles. The van der Waals surface area contributed by atoms with E-state index >= 15 is 0 Å². The van der Waals surface area contributed by atoms with Crippen molar-refractivity contribution in [1.29, 1.82) is 0 Å². The first-order chi connectivity index (χ1) is 14.7. The van der Waals surface area contributed by atoms with Gasteiger partial charge in [0.25, 0.3) is 0 Å². The minimum atomic E-state index is -0.631. The quantitative estimate of drug-likeness (QED) is 0.368. The molecule has 3 rings (SSSR count). The van der Waals surface area contributed by atoms with E-state index < -0.39 is 12.2 Å². The average Bonchev–Trinajstić information content (AvgIpc) is 2.80. The zero-order chi connectivity index (χ0) is 21.0. The van der Waals surface area contributed by atoms with Crippen LogP contribution in [-0.2, 0) is 0 Å². The molecule has 0 fully saturated rings. The molecule has 158 valence electrons. The lowest BCUT2D eigenvalue weighted by atomic mass is 10.3. The second-order valence-corrected chi connectivity index (χ2v) is 6.89. The van der Waals surface area contributed by atoms with Gasteiger partial charge >= 0.3 is 0 Å². The van der Waals surface area contributed by atoms with Crippen LogP contribution < -0.4 is 20.1 Å². The zero-order valence-corrected chi connectivity index (χ0v) is 16.8. The molecule has 4 N–H and O–H groups in total. The lowest BCUT2D eigenvalue weighted by molar-refractivity contribution is 0.115. The van der Waals surface area contributed by atoms with Crippen molar-refractivity contribution in [3.63, 3.8) is 0 Å². The highest BCUT2D eigenvalue weighted by atomic mass is 16.5. The monoisotopic (exact) mass is 408 g/mol. The fourth-order valence-electron chi connectivity index (χ4n) is 2.72. The molecule has 3 aromatic rings. The van der Waals surface area contributed by atoms with Gasteiger partial charge in [-0.25, -0.2) is 0 Å². The molecule has 30 heavy (non-hydrogen) atoms. The summed E-state index contributed by atoms with van der Waals surface area (Å²) in [4.78, 5) is 0. The lowest BCUT2D eigenvalue weighted by Crippen LogP contribution is -2.26. The molecular weight excluding hydrogens is 380 g/mol. The van der Waals surface area contributed by atoms with Crippen LogP contribution in [0.25, 0.3) is 0 Å². The van der Waals surface area contributed by atoms with Crippen LogP contribution in [0.1, 0.15) is 0 Å². The minimum absolute atomic E-state index is 0.184. The minimum Gasteiger partial charge on any atom is -0.491 e. The van der Waals surface area contributed by atoms with Gasteiger partial charge in [0.15, 0.2) is 0 Å². The normalized spacial score (nSPS) is 12.6. The van der Waals surface area contributed by atoms with Crippen molar-refractivity contribution in [2.45, 2.75) is 12.2 Å². The number of hydrogen-bond acceptors (Lipinski definition) is 6. The molecule has 2 unspecified atom stereocenters. The Kier molecular flexibility index (Phi) is 8.38. The van der Waals surface area contributed by atoms with Gasteiger partial charge in [-0.2, -0.15) is 0 Å². The Morgan fingerprint density at radius 1 is 0.567 bits per heavy atom. The van der Waals surface area contributed by atoms with Crippen LogP contribution in [0.15, 0.2) is 84.9 Å². The molecule has 0 radical (unpaired) electrons. The van der Waals surface area contributed by atoms with Crippen molar-refractivity contribution >= 4 is 11.4 Å². The van der Waals surface area contributed by atoms with Crippen molar-refractivity contribution in [3.05, 3.63) is 84.9 Å². The highest BCUT2D eigenvalue weighted by molar-refractivity contribution is 5.43. The first kappa shape index (κ1) is 21.5. The van der Waals surface area contributed by atoms with Crippen LogP contribution >= 0.6 is 0 Å². The molecule has 0 aliphatic heterocycles. The number of aliphatic hydroxyl groups excluding tert-OH is 2. The standard InChI is InChI=1S/C24H28N2O4/c27-21(15-25-19-7-3-1-4-8-19)17-29-23-11-13-24(14-12-23)30-18-22(28)16-26-20-9-5-2-6-10-20/h1-14,21-22,25-28H,15-18H2. The molecular formula is C24H28N2O4. The van der Waals surface area contributed by atoms with E-state index in [4.69, 9.17) is 9.47 Å². The van der Waals surface area contributed by atoms with Gasteiger partial charge in [-0.05, 0) is 48.5 Å². The summed E-state index contributed by atoms with van der Waals surface area (Å²) in [5, 5.41) is 26.4. The molecule has 6 nitrogen and oxygen atoms in total. The van der Waals surface area contributed by atoms with Gasteiger partial charge < -0.3 is 30.3 Å². The SMILES string of the molecule is OC(CNc1ccccc1)COc1ccc(OCC(O)CNc2ccccc2)cc1. The molecule has 0 aromatic heterocycles. The maximum Gasteiger partial charge on any atom is 0.119 e. The fraction of sp³-hybridized carbons (Fsp3) is 0.250. The second-order valence-electron chi connectivity index (χ2n) is 6.89. The smallest absolute Gasteiger partial charge is 0.119 e. The van der Waals surface area contributed by atoms with E-state index in [9.17, 15) is 10.2 Å². The third kappa shape index (κ3) is 7.66. The predicted octanol–water partition coefficient (Wildman–Crippen LogP) is 3.39. The number of rotatable bonds is 12. The molecule has 0 spiro atoms. The van der Waals surface area contributed by atoms with Gasteiger partial charge in [0, 0.05) is 24.5 Å². The Balaban J connectivity index is 1.33. The van der Waals surface area contributed by atoms with Gasteiger partial charge in [0.1, 0.15) is 36.9 Å². The molecule has 0 saturated carbocycles. The van der Waals surface area contributed by atoms with Gasteiger partial charge in [-0.3, -0.25) is 0 Å². The van der Waals surface area contributed by atoms with E-state index in [1.54, 1.807) is 24.3 Å². The average molecular weight is 408 g/mol. The van der Waals surface area contributed by atoms with Gasteiger partial charge in [-0.1, -0.05) is 36.4 Å². The Hall–Kier alpha value is -3.22. The first-order valence-corrected chi connectivity index (χ1v) is 9.98. The van der Waals surface area contributed by atoms with Crippen LogP contribution in [0, 0.1) is 0 Å². The van der Waals surface area contributed by atoms with Crippen LogP contribution in [-0.4, -0.2) is 48.7 Å². The van der Waals surface area contributed by atoms with E-state index in [0.717, 1.165) is 11.4 Å². The van der Waals surface area contributed by atoms with E-state index in [0.29, 0.717) is 24.6 Å². The number of hydrogen-bond donors (Lipinski definition) is 4. The van der Waals surface area contributed by atoms with Crippen molar-refractivity contribution in [2.75, 3.05) is 36.9 Å². The zero-order valence-electron chi connectivity index (χ0n) is 16.8. The number of benzene rings is 3. The van der Waals surface area contributed by atoms with E-state index in [2.05, 4.69) is 10.6 Å². The van der Waals surface area contributed by atoms with E-state index in [1.165, 1.54) is 0 Å². The van der Waals surface area contributed by atoms with Gasteiger partial charge in [-0.15, -0.1) is 0 Å². The van der Waals surface area contributed by atoms with Crippen LogP contribution in [0.3, 0.4) is 0 Å². The lowest BCUT2D eigenvalue weighted by Gasteiger charge is -2.15. The van der Waals surface area contributed by atoms with E-state index in [1.807, 2.05) is 60.7 Å².